The fraction of sp³-hybridized carbons (Fsp3) is 0.333. The molecule has 0 aliphatic rings. The zero-order chi connectivity index (χ0) is 16.9. The molecule has 0 unspecified atom stereocenters. The summed E-state index contributed by atoms with van der Waals surface area (Å²) in [5.41, 5.74) is 2.26. The fourth-order valence-corrected chi connectivity index (χ4v) is 3.30. The SMILES string of the molecule is CC(C)c1c(Cl)cc(Cl)c(Cl)c1Cl.CC(C)c1ccccc1.[Ru].[Ru]. The van der Waals surface area contributed by atoms with Gasteiger partial charge in [0.1, 0.15) is 0 Å². The molecule has 0 bridgehead atoms. The van der Waals surface area contributed by atoms with Crippen LogP contribution in [0.4, 0.5) is 0 Å². The molecule has 2 aromatic carbocycles. The van der Waals surface area contributed by atoms with Crippen LogP contribution in [0.5, 0.6) is 0 Å². The Labute approximate surface area is 191 Å². The summed E-state index contributed by atoms with van der Waals surface area (Å²) in [6, 6.07) is 12.1. The van der Waals surface area contributed by atoms with Gasteiger partial charge in [0.05, 0.1) is 15.1 Å². The van der Waals surface area contributed by atoms with Crippen LogP contribution < -0.4 is 0 Å². The van der Waals surface area contributed by atoms with E-state index in [1.165, 1.54) is 5.56 Å². The molecule has 0 nitrogen and oxygen atoms in total. The first-order valence-electron chi connectivity index (χ1n) is 7.13. The van der Waals surface area contributed by atoms with Crippen molar-refractivity contribution in [2.24, 2.45) is 0 Å². The van der Waals surface area contributed by atoms with E-state index in [4.69, 9.17) is 46.4 Å². The van der Waals surface area contributed by atoms with Crippen molar-refractivity contribution in [2.45, 2.75) is 39.5 Å². The van der Waals surface area contributed by atoms with E-state index in [1.54, 1.807) is 6.07 Å². The molecule has 0 amide bonds. The third-order valence-corrected chi connectivity index (χ3v) is 4.78. The largest absolute Gasteiger partial charge is 0.0839 e. The Balaban J connectivity index is 0. The number of hydrogen-bond donors (Lipinski definition) is 0. The van der Waals surface area contributed by atoms with Crippen molar-refractivity contribution < 1.29 is 39.0 Å². The summed E-state index contributed by atoms with van der Waals surface area (Å²) in [6.45, 7) is 8.40. The second kappa shape index (κ2) is 13.1. The first-order chi connectivity index (χ1) is 10.3. The molecule has 0 N–H and O–H groups in total. The van der Waals surface area contributed by atoms with Gasteiger partial charge in [0.15, 0.2) is 0 Å². The Hall–Kier alpha value is 0.847. The van der Waals surface area contributed by atoms with Crippen LogP contribution in [0.15, 0.2) is 36.4 Å². The number of benzene rings is 2. The van der Waals surface area contributed by atoms with E-state index in [9.17, 15) is 0 Å². The summed E-state index contributed by atoms with van der Waals surface area (Å²) >= 11 is 23.6. The summed E-state index contributed by atoms with van der Waals surface area (Å²) in [7, 11) is 0. The maximum Gasteiger partial charge on any atom is 0.0782 e. The van der Waals surface area contributed by atoms with E-state index in [2.05, 4.69) is 38.1 Å². The molecule has 0 saturated carbocycles. The Kier molecular flexibility index (Phi) is 14.8. The molecule has 0 radical (unpaired) electrons. The first-order valence-corrected chi connectivity index (χ1v) is 8.64. The molecule has 24 heavy (non-hydrogen) atoms. The minimum atomic E-state index is 0. The Morgan fingerprint density at radius 3 is 1.54 bits per heavy atom. The quantitative estimate of drug-likeness (QED) is 0.191. The molecule has 136 valence electrons. The Morgan fingerprint density at radius 1 is 0.667 bits per heavy atom. The number of rotatable bonds is 2. The van der Waals surface area contributed by atoms with E-state index in [1.807, 2.05) is 19.9 Å². The van der Waals surface area contributed by atoms with Crippen LogP contribution in [0.1, 0.15) is 50.7 Å². The summed E-state index contributed by atoms with van der Waals surface area (Å²) in [6.07, 6.45) is 0. The molecular formula is C18H20Cl4Ru2. The molecule has 0 atom stereocenters. The first kappa shape index (κ1) is 27.1. The number of hydrogen-bond acceptors (Lipinski definition) is 0. The average Bonchev–Trinajstić information content (AvgIpc) is 2.46. The van der Waals surface area contributed by atoms with Gasteiger partial charge in [0, 0.05) is 44.0 Å². The molecule has 6 heteroatoms. The van der Waals surface area contributed by atoms with Gasteiger partial charge in [-0.15, -0.1) is 0 Å². The van der Waals surface area contributed by atoms with Crippen molar-refractivity contribution in [3.8, 4) is 0 Å². The van der Waals surface area contributed by atoms with Gasteiger partial charge in [-0.3, -0.25) is 0 Å². The third-order valence-electron chi connectivity index (χ3n) is 3.19. The van der Waals surface area contributed by atoms with Crippen LogP contribution in [0.3, 0.4) is 0 Å². The molecule has 2 rings (SSSR count). The van der Waals surface area contributed by atoms with Crippen LogP contribution in [0.2, 0.25) is 20.1 Å². The minimum absolute atomic E-state index is 0. The molecule has 0 fully saturated rings. The summed E-state index contributed by atoms with van der Waals surface area (Å²) in [5.74, 6) is 0.890. The van der Waals surface area contributed by atoms with Crippen molar-refractivity contribution in [1.82, 2.24) is 0 Å². The molecule has 0 saturated heterocycles. The van der Waals surface area contributed by atoms with Gasteiger partial charge < -0.3 is 0 Å². The Bertz CT molecular complexity index is 614. The minimum Gasteiger partial charge on any atom is -0.0839 e. The second-order valence-corrected chi connectivity index (χ2v) is 7.17. The summed E-state index contributed by atoms with van der Waals surface area (Å²) < 4.78 is 0. The molecule has 0 aliphatic heterocycles. The normalized spacial score (nSPS) is 9.75. The van der Waals surface area contributed by atoms with Crippen molar-refractivity contribution in [3.05, 3.63) is 67.6 Å². The van der Waals surface area contributed by atoms with Crippen molar-refractivity contribution in [2.75, 3.05) is 0 Å². The molecule has 0 spiro atoms. The van der Waals surface area contributed by atoms with Gasteiger partial charge >= 0.3 is 0 Å². The number of halogens is 4. The van der Waals surface area contributed by atoms with E-state index < -0.39 is 0 Å². The molecular weight excluding hydrogens is 560 g/mol. The van der Waals surface area contributed by atoms with Gasteiger partial charge in [0.2, 0.25) is 0 Å². The molecule has 2 aromatic rings. The standard InChI is InChI=1S/C9H8Cl4.C9H12.2Ru/c1-4(2)7-5(10)3-6(11)8(12)9(7)13;1-8(2)9-6-4-3-5-7-9;;/h3-4H,1-2H3;3-8H,1-2H3;;. The van der Waals surface area contributed by atoms with Crippen molar-refractivity contribution in [1.29, 1.82) is 0 Å². The van der Waals surface area contributed by atoms with E-state index in [0.29, 0.717) is 26.0 Å². The van der Waals surface area contributed by atoms with Crippen molar-refractivity contribution >= 4 is 46.4 Å². The maximum absolute atomic E-state index is 6.00. The van der Waals surface area contributed by atoms with Crippen LogP contribution in [0.25, 0.3) is 0 Å². The zero-order valence-corrected chi connectivity index (χ0v) is 20.3. The maximum atomic E-state index is 6.00. The summed E-state index contributed by atoms with van der Waals surface area (Å²) in [4.78, 5) is 0. The predicted molar refractivity (Wildman–Crippen MR) is 101 cm³/mol. The van der Waals surface area contributed by atoms with Gasteiger partial charge in [0.25, 0.3) is 0 Å². The molecule has 0 heterocycles. The molecule has 0 aromatic heterocycles. The fourth-order valence-electron chi connectivity index (χ4n) is 1.95. The van der Waals surface area contributed by atoms with E-state index in [0.717, 1.165) is 5.56 Å². The van der Waals surface area contributed by atoms with E-state index >= 15 is 0 Å². The van der Waals surface area contributed by atoms with Gasteiger partial charge in [-0.2, -0.15) is 0 Å². The average molecular weight is 580 g/mol. The topological polar surface area (TPSA) is 0 Å². The van der Waals surface area contributed by atoms with Gasteiger partial charge in [-0.25, -0.2) is 0 Å². The molecule has 0 aliphatic carbocycles. The summed E-state index contributed by atoms with van der Waals surface area (Å²) in [5, 5.41) is 1.78. The van der Waals surface area contributed by atoms with Crippen LogP contribution in [0, 0.1) is 0 Å². The Morgan fingerprint density at radius 2 is 1.17 bits per heavy atom. The third kappa shape index (κ3) is 8.03. The second-order valence-electron chi connectivity index (χ2n) is 5.60. The van der Waals surface area contributed by atoms with Crippen LogP contribution in [-0.4, -0.2) is 0 Å². The zero-order valence-electron chi connectivity index (χ0n) is 13.8. The van der Waals surface area contributed by atoms with Crippen LogP contribution in [-0.2, 0) is 39.0 Å². The van der Waals surface area contributed by atoms with Gasteiger partial charge in [-0.1, -0.05) is 104 Å². The van der Waals surface area contributed by atoms with Crippen molar-refractivity contribution in [3.63, 3.8) is 0 Å². The smallest absolute Gasteiger partial charge is 0.0782 e. The predicted octanol–water partition coefficient (Wildman–Crippen LogP) is 8.23. The van der Waals surface area contributed by atoms with E-state index in [-0.39, 0.29) is 44.9 Å². The monoisotopic (exact) mass is 580 g/mol. The van der Waals surface area contributed by atoms with Gasteiger partial charge in [-0.05, 0) is 29.0 Å². The van der Waals surface area contributed by atoms with Crippen LogP contribution >= 0.6 is 46.4 Å².